The lowest BCUT2D eigenvalue weighted by molar-refractivity contribution is 0.318. The molecule has 0 aliphatic heterocycles. The normalized spacial score (nSPS) is 11.9. The van der Waals surface area contributed by atoms with Crippen LogP contribution in [-0.2, 0) is 0 Å². The SMILES string of the molecule is N/C(=N/O)c1nc(-c2ccc3ccccc3c2)cs1. The van der Waals surface area contributed by atoms with Crippen LogP contribution in [-0.4, -0.2) is 16.0 Å². The highest BCUT2D eigenvalue weighted by Gasteiger charge is 2.08. The van der Waals surface area contributed by atoms with Crippen molar-refractivity contribution < 1.29 is 5.21 Å². The van der Waals surface area contributed by atoms with Crippen molar-refractivity contribution in [2.45, 2.75) is 0 Å². The highest BCUT2D eigenvalue weighted by molar-refractivity contribution is 7.12. The minimum atomic E-state index is 0.0389. The fraction of sp³-hybridized carbons (Fsp3) is 0. The van der Waals surface area contributed by atoms with E-state index < -0.39 is 0 Å². The lowest BCUT2D eigenvalue weighted by atomic mass is 10.1. The van der Waals surface area contributed by atoms with Gasteiger partial charge in [0.1, 0.15) is 0 Å². The van der Waals surface area contributed by atoms with Gasteiger partial charge in [-0.1, -0.05) is 41.6 Å². The molecule has 0 fully saturated rings. The van der Waals surface area contributed by atoms with Crippen molar-refractivity contribution in [3.05, 3.63) is 52.9 Å². The van der Waals surface area contributed by atoms with Crippen molar-refractivity contribution in [2.75, 3.05) is 0 Å². The molecule has 19 heavy (non-hydrogen) atoms. The summed E-state index contributed by atoms with van der Waals surface area (Å²) in [5.41, 5.74) is 7.38. The minimum absolute atomic E-state index is 0.0389. The quantitative estimate of drug-likeness (QED) is 0.325. The molecule has 3 rings (SSSR count). The number of thiazole rings is 1. The first kappa shape index (κ1) is 11.7. The first-order valence-electron chi connectivity index (χ1n) is 5.70. The van der Waals surface area contributed by atoms with Gasteiger partial charge in [-0.2, -0.15) is 0 Å². The number of benzene rings is 2. The van der Waals surface area contributed by atoms with E-state index in [1.165, 1.54) is 22.1 Å². The summed E-state index contributed by atoms with van der Waals surface area (Å²) < 4.78 is 0. The van der Waals surface area contributed by atoms with E-state index in [2.05, 4.69) is 34.4 Å². The van der Waals surface area contributed by atoms with Crippen LogP contribution in [0.1, 0.15) is 5.01 Å². The van der Waals surface area contributed by atoms with Crippen molar-refractivity contribution in [3.63, 3.8) is 0 Å². The number of nitrogens with zero attached hydrogens (tertiary/aromatic N) is 2. The van der Waals surface area contributed by atoms with Crippen molar-refractivity contribution in [2.24, 2.45) is 10.9 Å². The predicted octanol–water partition coefficient (Wildman–Crippen LogP) is 3.06. The number of nitrogens with two attached hydrogens (primary N) is 1. The Morgan fingerprint density at radius 1 is 1.16 bits per heavy atom. The molecule has 5 heteroatoms. The van der Waals surface area contributed by atoms with Gasteiger partial charge in [-0.15, -0.1) is 11.3 Å². The van der Waals surface area contributed by atoms with Gasteiger partial charge in [0.15, 0.2) is 10.8 Å². The largest absolute Gasteiger partial charge is 0.409 e. The highest BCUT2D eigenvalue weighted by Crippen LogP contribution is 2.25. The zero-order valence-electron chi connectivity index (χ0n) is 9.95. The molecule has 94 valence electrons. The average Bonchev–Trinajstić information content (AvgIpc) is 2.95. The molecule has 0 amide bonds. The Morgan fingerprint density at radius 2 is 1.95 bits per heavy atom. The van der Waals surface area contributed by atoms with Gasteiger partial charge in [0, 0.05) is 10.9 Å². The number of amidine groups is 1. The Balaban J connectivity index is 2.06. The summed E-state index contributed by atoms with van der Waals surface area (Å²) in [6.07, 6.45) is 0. The first-order valence-corrected chi connectivity index (χ1v) is 6.58. The van der Waals surface area contributed by atoms with Crippen LogP contribution >= 0.6 is 11.3 Å². The minimum Gasteiger partial charge on any atom is -0.409 e. The van der Waals surface area contributed by atoms with Crippen LogP contribution in [0.4, 0.5) is 0 Å². The number of hydrogen-bond acceptors (Lipinski definition) is 4. The van der Waals surface area contributed by atoms with Crippen molar-refractivity contribution >= 4 is 27.9 Å². The Bertz CT molecular complexity index is 764. The van der Waals surface area contributed by atoms with E-state index in [4.69, 9.17) is 10.9 Å². The molecule has 2 aromatic carbocycles. The van der Waals surface area contributed by atoms with E-state index in [-0.39, 0.29) is 5.84 Å². The Morgan fingerprint density at radius 3 is 2.74 bits per heavy atom. The van der Waals surface area contributed by atoms with Gasteiger partial charge in [-0.25, -0.2) is 4.98 Å². The molecule has 3 N–H and O–H groups in total. The number of rotatable bonds is 2. The first-order chi connectivity index (χ1) is 9.28. The Kier molecular flexibility index (Phi) is 2.89. The van der Waals surface area contributed by atoms with Gasteiger partial charge >= 0.3 is 0 Å². The molecule has 0 aliphatic rings. The van der Waals surface area contributed by atoms with E-state index >= 15 is 0 Å². The average molecular weight is 269 g/mol. The standard InChI is InChI=1S/C14H11N3OS/c15-13(17-18)14-16-12(8-19-14)11-6-5-9-3-1-2-4-10(9)7-11/h1-8,18H,(H2,15,17). The Labute approximate surface area is 113 Å². The molecule has 0 atom stereocenters. The van der Waals surface area contributed by atoms with Crippen molar-refractivity contribution in [1.82, 2.24) is 4.98 Å². The Hall–Kier alpha value is -2.40. The molecule has 0 saturated heterocycles. The lowest BCUT2D eigenvalue weighted by Crippen LogP contribution is -2.12. The molecule has 0 bridgehead atoms. The van der Waals surface area contributed by atoms with Gasteiger partial charge in [-0.3, -0.25) is 0 Å². The summed E-state index contributed by atoms with van der Waals surface area (Å²) in [7, 11) is 0. The topological polar surface area (TPSA) is 71.5 Å². The summed E-state index contributed by atoms with van der Waals surface area (Å²) in [5.74, 6) is 0.0389. The number of hydrogen-bond donors (Lipinski definition) is 2. The van der Waals surface area contributed by atoms with Gasteiger partial charge in [0.2, 0.25) is 0 Å². The fourth-order valence-electron chi connectivity index (χ4n) is 1.92. The summed E-state index contributed by atoms with van der Waals surface area (Å²) >= 11 is 1.36. The summed E-state index contributed by atoms with van der Waals surface area (Å²) in [5, 5.41) is 16.4. The zero-order valence-corrected chi connectivity index (χ0v) is 10.8. The van der Waals surface area contributed by atoms with E-state index in [9.17, 15) is 0 Å². The fourth-order valence-corrected chi connectivity index (χ4v) is 2.64. The molecule has 1 aromatic heterocycles. The maximum atomic E-state index is 8.64. The van der Waals surface area contributed by atoms with Crippen LogP contribution < -0.4 is 5.73 Å². The van der Waals surface area contributed by atoms with Crippen LogP contribution in [0.15, 0.2) is 53.0 Å². The van der Waals surface area contributed by atoms with Crippen molar-refractivity contribution in [3.8, 4) is 11.3 Å². The van der Waals surface area contributed by atoms with E-state index in [0.29, 0.717) is 5.01 Å². The van der Waals surface area contributed by atoms with Gasteiger partial charge < -0.3 is 10.9 Å². The van der Waals surface area contributed by atoms with Gasteiger partial charge in [-0.05, 0) is 16.8 Å². The van der Waals surface area contributed by atoms with Crippen LogP contribution in [0.3, 0.4) is 0 Å². The van der Waals surface area contributed by atoms with Gasteiger partial charge in [0.05, 0.1) is 5.69 Å². The maximum Gasteiger partial charge on any atom is 0.199 e. The van der Waals surface area contributed by atoms with Gasteiger partial charge in [0.25, 0.3) is 0 Å². The lowest BCUT2D eigenvalue weighted by Gasteiger charge is -2.00. The van der Waals surface area contributed by atoms with E-state index in [1.807, 2.05) is 23.6 Å². The molecular weight excluding hydrogens is 258 g/mol. The number of oxime groups is 1. The molecule has 3 aromatic rings. The van der Waals surface area contributed by atoms with Crippen LogP contribution in [0, 0.1) is 0 Å². The zero-order chi connectivity index (χ0) is 13.2. The highest BCUT2D eigenvalue weighted by atomic mass is 32.1. The molecule has 1 heterocycles. The molecule has 0 aliphatic carbocycles. The smallest absolute Gasteiger partial charge is 0.199 e. The maximum absolute atomic E-state index is 8.64. The van der Waals surface area contributed by atoms with Crippen molar-refractivity contribution in [1.29, 1.82) is 0 Å². The number of aromatic nitrogens is 1. The second-order valence-electron chi connectivity index (χ2n) is 4.09. The summed E-state index contributed by atoms with van der Waals surface area (Å²) in [6, 6.07) is 14.3. The summed E-state index contributed by atoms with van der Waals surface area (Å²) in [4.78, 5) is 4.36. The third-order valence-corrected chi connectivity index (χ3v) is 3.74. The predicted molar refractivity (Wildman–Crippen MR) is 77.6 cm³/mol. The molecule has 4 nitrogen and oxygen atoms in total. The van der Waals surface area contributed by atoms with E-state index in [1.54, 1.807) is 0 Å². The van der Waals surface area contributed by atoms with Crippen LogP contribution in [0.2, 0.25) is 0 Å². The molecular formula is C14H11N3OS. The third kappa shape index (κ3) is 2.15. The summed E-state index contributed by atoms with van der Waals surface area (Å²) in [6.45, 7) is 0. The number of fused-ring (bicyclic) bond motifs is 1. The monoisotopic (exact) mass is 269 g/mol. The third-order valence-electron chi connectivity index (χ3n) is 2.88. The van der Waals surface area contributed by atoms with E-state index in [0.717, 1.165) is 11.3 Å². The molecule has 0 spiro atoms. The molecule has 0 unspecified atom stereocenters. The molecule has 0 radical (unpaired) electrons. The second kappa shape index (κ2) is 4.70. The second-order valence-corrected chi connectivity index (χ2v) is 4.94. The molecule has 0 saturated carbocycles. The van der Waals surface area contributed by atoms with Crippen LogP contribution in [0.5, 0.6) is 0 Å². The van der Waals surface area contributed by atoms with Crippen LogP contribution in [0.25, 0.3) is 22.0 Å².